The van der Waals surface area contributed by atoms with Crippen molar-refractivity contribution >= 4 is 22.7 Å². The van der Waals surface area contributed by atoms with Crippen LogP contribution in [0.4, 0.5) is 11.8 Å². The van der Waals surface area contributed by atoms with Crippen LogP contribution in [0.25, 0.3) is 10.9 Å². The number of para-hydroxylation sites is 1. The molecule has 2 heterocycles. The summed E-state index contributed by atoms with van der Waals surface area (Å²) in [6, 6.07) is 8.69. The molecule has 0 aliphatic carbocycles. The first-order chi connectivity index (χ1) is 11.7. The number of nitrogens with one attached hydrogen (secondary N) is 3. The molecule has 1 aliphatic heterocycles. The average Bonchev–Trinajstić information content (AvgIpc) is 2.59. The number of piperidine rings is 1. The maximum Gasteiger partial charge on any atom is 0.225 e. The van der Waals surface area contributed by atoms with Gasteiger partial charge in [-0.15, -0.1) is 0 Å². The van der Waals surface area contributed by atoms with E-state index in [1.54, 1.807) is 0 Å². The molecule has 6 nitrogen and oxygen atoms in total. The summed E-state index contributed by atoms with van der Waals surface area (Å²) in [5, 5.41) is 11.5. The Morgan fingerprint density at radius 3 is 2.75 bits per heavy atom. The van der Waals surface area contributed by atoms with Crippen molar-refractivity contribution in [2.24, 2.45) is 0 Å². The van der Waals surface area contributed by atoms with Gasteiger partial charge in [0.05, 0.1) is 5.52 Å². The number of hydrogen-bond donors (Lipinski definition) is 3. The zero-order chi connectivity index (χ0) is 16.8. The largest absolute Gasteiger partial charge is 0.367 e. The number of benzene rings is 1. The highest BCUT2D eigenvalue weighted by molar-refractivity contribution is 5.90. The third-order valence-corrected chi connectivity index (χ3v) is 4.35. The van der Waals surface area contributed by atoms with E-state index in [-0.39, 0.29) is 0 Å². The molecule has 0 bridgehead atoms. The highest BCUT2D eigenvalue weighted by atomic mass is 15.2. The quantitative estimate of drug-likeness (QED) is 0.677. The Labute approximate surface area is 144 Å². The summed E-state index contributed by atoms with van der Waals surface area (Å²) in [5.74, 6) is 1.66. The molecule has 0 radical (unpaired) electrons. The fourth-order valence-corrected chi connectivity index (χ4v) is 3.02. The summed E-state index contributed by atoms with van der Waals surface area (Å²) >= 11 is 0. The maximum absolute atomic E-state index is 4.74. The van der Waals surface area contributed by atoms with E-state index in [1.807, 2.05) is 12.1 Å². The second kappa shape index (κ2) is 8.26. The summed E-state index contributed by atoms with van der Waals surface area (Å²) in [6.45, 7) is 4.07. The fraction of sp³-hybridized carbons (Fsp3) is 0.556. The SMILES string of the molecule is CN(C)CCCNc1nc(NC2CCNCC2)c2ccccc2n1. The van der Waals surface area contributed by atoms with Crippen LogP contribution < -0.4 is 16.0 Å². The van der Waals surface area contributed by atoms with Gasteiger partial charge in [-0.1, -0.05) is 12.1 Å². The molecule has 1 aliphatic rings. The first kappa shape index (κ1) is 16.9. The van der Waals surface area contributed by atoms with E-state index < -0.39 is 0 Å². The third-order valence-electron chi connectivity index (χ3n) is 4.35. The molecule has 0 unspecified atom stereocenters. The molecule has 3 N–H and O–H groups in total. The highest BCUT2D eigenvalue weighted by Gasteiger charge is 2.15. The molecule has 1 aromatic heterocycles. The summed E-state index contributed by atoms with van der Waals surface area (Å²) < 4.78 is 0. The van der Waals surface area contributed by atoms with Crippen LogP contribution in [0.5, 0.6) is 0 Å². The lowest BCUT2D eigenvalue weighted by atomic mass is 10.1. The van der Waals surface area contributed by atoms with Crippen molar-refractivity contribution in [1.82, 2.24) is 20.2 Å². The van der Waals surface area contributed by atoms with Crippen molar-refractivity contribution in [2.75, 3.05) is 50.9 Å². The van der Waals surface area contributed by atoms with Gasteiger partial charge in [-0.25, -0.2) is 4.98 Å². The minimum Gasteiger partial charge on any atom is -0.367 e. The molecular formula is C18H28N6. The molecule has 1 fully saturated rings. The van der Waals surface area contributed by atoms with Gasteiger partial charge in [-0.2, -0.15) is 4.98 Å². The molecular weight excluding hydrogens is 300 g/mol. The lowest BCUT2D eigenvalue weighted by Crippen LogP contribution is -2.35. The maximum atomic E-state index is 4.74. The van der Waals surface area contributed by atoms with Crippen LogP contribution in [0, 0.1) is 0 Å². The van der Waals surface area contributed by atoms with Crippen molar-refractivity contribution < 1.29 is 0 Å². The molecule has 0 spiro atoms. The first-order valence-electron chi connectivity index (χ1n) is 8.85. The molecule has 2 aromatic rings. The van der Waals surface area contributed by atoms with Crippen molar-refractivity contribution in [3.63, 3.8) is 0 Å². The number of aromatic nitrogens is 2. The smallest absolute Gasteiger partial charge is 0.225 e. The van der Waals surface area contributed by atoms with Crippen molar-refractivity contribution in [1.29, 1.82) is 0 Å². The Hall–Kier alpha value is -1.92. The average molecular weight is 328 g/mol. The molecule has 1 saturated heterocycles. The van der Waals surface area contributed by atoms with Crippen molar-refractivity contribution in [3.05, 3.63) is 24.3 Å². The Kier molecular flexibility index (Phi) is 5.82. The Balaban J connectivity index is 1.74. The lowest BCUT2D eigenvalue weighted by molar-refractivity contribution is 0.405. The van der Waals surface area contributed by atoms with Crippen LogP contribution >= 0.6 is 0 Å². The van der Waals surface area contributed by atoms with Gasteiger partial charge in [0.1, 0.15) is 5.82 Å². The van der Waals surface area contributed by atoms with E-state index in [9.17, 15) is 0 Å². The second-order valence-corrected chi connectivity index (χ2v) is 6.67. The molecule has 6 heteroatoms. The van der Waals surface area contributed by atoms with Gasteiger partial charge in [0.25, 0.3) is 0 Å². The summed E-state index contributed by atoms with van der Waals surface area (Å²) in [6.07, 6.45) is 3.33. The predicted molar refractivity (Wildman–Crippen MR) is 101 cm³/mol. The van der Waals surface area contributed by atoms with E-state index in [4.69, 9.17) is 4.98 Å². The van der Waals surface area contributed by atoms with Crippen molar-refractivity contribution in [2.45, 2.75) is 25.3 Å². The van der Waals surface area contributed by atoms with Crippen LogP contribution in [0.3, 0.4) is 0 Å². The van der Waals surface area contributed by atoms with E-state index in [2.05, 4.69) is 52.1 Å². The standard InChI is InChI=1S/C18H28N6/c1-24(2)13-5-10-20-18-22-16-7-4-3-6-15(16)17(23-18)21-14-8-11-19-12-9-14/h3-4,6-7,14,19H,5,8-13H2,1-2H3,(H2,20,21,22,23). The zero-order valence-corrected chi connectivity index (χ0v) is 14.7. The van der Waals surface area contributed by atoms with Gasteiger partial charge in [0.15, 0.2) is 0 Å². The van der Waals surface area contributed by atoms with Gasteiger partial charge in [0, 0.05) is 18.0 Å². The lowest BCUT2D eigenvalue weighted by Gasteiger charge is -2.25. The fourth-order valence-electron chi connectivity index (χ4n) is 3.02. The van der Waals surface area contributed by atoms with E-state index >= 15 is 0 Å². The Morgan fingerprint density at radius 2 is 1.96 bits per heavy atom. The molecule has 1 aromatic carbocycles. The summed E-state index contributed by atoms with van der Waals surface area (Å²) in [5.41, 5.74) is 0.985. The normalized spacial score (nSPS) is 15.8. The van der Waals surface area contributed by atoms with Gasteiger partial charge in [-0.05, 0) is 65.1 Å². The molecule has 24 heavy (non-hydrogen) atoms. The third kappa shape index (κ3) is 4.55. The number of anilines is 2. The number of fused-ring (bicyclic) bond motifs is 1. The highest BCUT2D eigenvalue weighted by Crippen LogP contribution is 2.23. The number of hydrogen-bond acceptors (Lipinski definition) is 6. The molecule has 0 amide bonds. The minimum absolute atomic E-state index is 0.478. The summed E-state index contributed by atoms with van der Waals surface area (Å²) in [7, 11) is 4.18. The zero-order valence-electron chi connectivity index (χ0n) is 14.7. The first-order valence-corrected chi connectivity index (χ1v) is 8.85. The van der Waals surface area contributed by atoms with Gasteiger partial charge >= 0.3 is 0 Å². The van der Waals surface area contributed by atoms with Gasteiger partial charge in [0.2, 0.25) is 5.95 Å². The van der Waals surface area contributed by atoms with Crippen LogP contribution in [0.15, 0.2) is 24.3 Å². The molecule has 0 atom stereocenters. The van der Waals surface area contributed by atoms with E-state index in [0.29, 0.717) is 12.0 Å². The van der Waals surface area contributed by atoms with Crippen LogP contribution in [0.2, 0.25) is 0 Å². The second-order valence-electron chi connectivity index (χ2n) is 6.67. The van der Waals surface area contributed by atoms with Crippen molar-refractivity contribution in [3.8, 4) is 0 Å². The topological polar surface area (TPSA) is 65.1 Å². The van der Waals surface area contributed by atoms with Gasteiger partial charge < -0.3 is 20.9 Å². The van der Waals surface area contributed by atoms with Gasteiger partial charge in [-0.3, -0.25) is 0 Å². The monoisotopic (exact) mass is 328 g/mol. The predicted octanol–water partition coefficient (Wildman–Crippen LogP) is 2.16. The minimum atomic E-state index is 0.478. The summed E-state index contributed by atoms with van der Waals surface area (Å²) in [4.78, 5) is 11.6. The van der Waals surface area contributed by atoms with Crippen LogP contribution in [-0.4, -0.2) is 61.2 Å². The Bertz CT molecular complexity index is 651. The Morgan fingerprint density at radius 1 is 1.17 bits per heavy atom. The molecule has 0 saturated carbocycles. The molecule has 130 valence electrons. The van der Waals surface area contributed by atoms with E-state index in [1.165, 1.54) is 0 Å². The molecule has 3 rings (SSSR count). The van der Waals surface area contributed by atoms with Crippen LogP contribution in [-0.2, 0) is 0 Å². The number of nitrogens with zero attached hydrogens (tertiary/aromatic N) is 3. The number of rotatable bonds is 7. The van der Waals surface area contributed by atoms with Crippen LogP contribution in [0.1, 0.15) is 19.3 Å². The van der Waals surface area contributed by atoms with E-state index in [0.717, 1.165) is 62.2 Å².